The van der Waals surface area contributed by atoms with Gasteiger partial charge in [-0.15, -0.1) is 11.8 Å². The normalized spacial score (nSPS) is 10.3. The van der Waals surface area contributed by atoms with E-state index in [1.807, 2.05) is 11.8 Å². The minimum Gasteiger partial charge on any atom is -0.342 e. The molecule has 0 radical (unpaired) electrons. The van der Waals surface area contributed by atoms with Crippen molar-refractivity contribution >= 4 is 23.4 Å². The first-order valence-corrected chi connectivity index (χ1v) is 7.72. The third kappa shape index (κ3) is 5.21. The second kappa shape index (κ2) is 8.58. The lowest BCUT2D eigenvalue weighted by Gasteiger charge is -2.20. The van der Waals surface area contributed by atoms with Crippen LogP contribution in [0.5, 0.6) is 0 Å². The van der Waals surface area contributed by atoms with Crippen LogP contribution in [0.4, 0.5) is 5.69 Å². The minimum absolute atomic E-state index is 0.0683. The van der Waals surface area contributed by atoms with E-state index in [0.29, 0.717) is 5.75 Å². The number of rotatable bonds is 8. The minimum atomic E-state index is -0.427. The molecular formula is C14H20N2O3S. The summed E-state index contributed by atoms with van der Waals surface area (Å²) in [7, 11) is 0. The molecule has 0 heterocycles. The number of hydrogen-bond donors (Lipinski definition) is 0. The summed E-state index contributed by atoms with van der Waals surface area (Å²) in [4.78, 5) is 24.9. The monoisotopic (exact) mass is 296 g/mol. The summed E-state index contributed by atoms with van der Waals surface area (Å²) in [6, 6.07) is 6.28. The maximum absolute atomic E-state index is 12.0. The highest BCUT2D eigenvalue weighted by Crippen LogP contribution is 2.21. The van der Waals surface area contributed by atoms with E-state index < -0.39 is 4.92 Å². The number of carbonyl (C=O) groups is 1. The Morgan fingerprint density at radius 1 is 1.30 bits per heavy atom. The van der Waals surface area contributed by atoms with Crippen LogP contribution < -0.4 is 0 Å². The van der Waals surface area contributed by atoms with Gasteiger partial charge in [-0.1, -0.05) is 13.3 Å². The summed E-state index contributed by atoms with van der Waals surface area (Å²) in [6.07, 6.45) is 2.08. The van der Waals surface area contributed by atoms with Crippen LogP contribution in [0, 0.1) is 10.1 Å². The van der Waals surface area contributed by atoms with Gasteiger partial charge in [0.15, 0.2) is 0 Å². The summed E-state index contributed by atoms with van der Waals surface area (Å²) in [5.41, 5.74) is 0.0683. The van der Waals surface area contributed by atoms with E-state index in [-0.39, 0.29) is 11.6 Å². The van der Waals surface area contributed by atoms with Crippen molar-refractivity contribution in [3.05, 3.63) is 34.4 Å². The summed E-state index contributed by atoms with van der Waals surface area (Å²) in [5, 5.41) is 10.5. The van der Waals surface area contributed by atoms with Gasteiger partial charge < -0.3 is 4.90 Å². The van der Waals surface area contributed by atoms with Crippen molar-refractivity contribution in [1.82, 2.24) is 4.90 Å². The number of carbonyl (C=O) groups excluding carboxylic acids is 1. The molecule has 0 aromatic heterocycles. The van der Waals surface area contributed by atoms with E-state index in [4.69, 9.17) is 0 Å². The van der Waals surface area contributed by atoms with Gasteiger partial charge in [0.05, 0.1) is 10.7 Å². The van der Waals surface area contributed by atoms with E-state index in [0.717, 1.165) is 30.8 Å². The van der Waals surface area contributed by atoms with Crippen LogP contribution in [-0.4, -0.2) is 34.6 Å². The van der Waals surface area contributed by atoms with Gasteiger partial charge in [0.25, 0.3) is 5.69 Å². The standard InChI is InChI=1S/C14H20N2O3S/c1-3-5-10-15(4-2)14(17)11-20-13-8-6-12(7-9-13)16(18)19/h6-9H,3-5,10-11H2,1-2H3. The number of nitro benzene ring substituents is 1. The molecule has 0 unspecified atom stereocenters. The fraction of sp³-hybridized carbons (Fsp3) is 0.500. The Hall–Kier alpha value is -1.56. The third-order valence-corrected chi connectivity index (χ3v) is 3.92. The Kier molecular flexibility index (Phi) is 7.08. The first kappa shape index (κ1) is 16.5. The van der Waals surface area contributed by atoms with E-state index in [2.05, 4.69) is 6.92 Å². The predicted octanol–water partition coefficient (Wildman–Crippen LogP) is 3.34. The summed E-state index contributed by atoms with van der Waals surface area (Å²) in [6.45, 7) is 5.60. The fourth-order valence-corrected chi connectivity index (χ4v) is 2.51. The van der Waals surface area contributed by atoms with Crippen LogP contribution >= 0.6 is 11.8 Å². The van der Waals surface area contributed by atoms with Gasteiger partial charge in [0.1, 0.15) is 0 Å². The number of amides is 1. The number of thioether (sulfide) groups is 1. The molecule has 0 saturated carbocycles. The molecule has 5 nitrogen and oxygen atoms in total. The van der Waals surface area contributed by atoms with E-state index in [9.17, 15) is 14.9 Å². The molecule has 1 rings (SSSR count). The molecule has 0 aliphatic heterocycles. The molecular weight excluding hydrogens is 276 g/mol. The fourth-order valence-electron chi connectivity index (χ4n) is 1.71. The molecule has 110 valence electrons. The molecule has 6 heteroatoms. The zero-order valence-corrected chi connectivity index (χ0v) is 12.7. The molecule has 0 fully saturated rings. The van der Waals surface area contributed by atoms with E-state index in [1.165, 1.54) is 23.9 Å². The highest BCUT2D eigenvalue weighted by Gasteiger charge is 2.12. The van der Waals surface area contributed by atoms with Gasteiger partial charge in [-0.3, -0.25) is 14.9 Å². The molecule has 1 amide bonds. The molecule has 1 aromatic carbocycles. The highest BCUT2D eigenvalue weighted by atomic mass is 32.2. The number of nitro groups is 1. The molecule has 0 N–H and O–H groups in total. The Labute approximate surface area is 123 Å². The average Bonchev–Trinajstić information content (AvgIpc) is 2.46. The first-order valence-electron chi connectivity index (χ1n) is 6.73. The summed E-state index contributed by atoms with van der Waals surface area (Å²) in [5.74, 6) is 0.485. The first-order chi connectivity index (χ1) is 9.58. The second-order valence-electron chi connectivity index (χ2n) is 4.37. The second-order valence-corrected chi connectivity index (χ2v) is 5.42. The Morgan fingerprint density at radius 2 is 1.95 bits per heavy atom. The van der Waals surface area contributed by atoms with E-state index in [1.54, 1.807) is 12.1 Å². The smallest absolute Gasteiger partial charge is 0.269 e. The molecule has 0 atom stereocenters. The van der Waals surface area contributed by atoms with Crippen molar-refractivity contribution in [2.45, 2.75) is 31.6 Å². The number of nitrogens with zero attached hydrogens (tertiary/aromatic N) is 2. The number of non-ortho nitro benzene ring substituents is 1. The van der Waals surface area contributed by atoms with Gasteiger partial charge in [-0.25, -0.2) is 0 Å². The van der Waals surface area contributed by atoms with Gasteiger partial charge >= 0.3 is 0 Å². The average molecular weight is 296 g/mol. The highest BCUT2D eigenvalue weighted by molar-refractivity contribution is 8.00. The molecule has 0 spiro atoms. The van der Waals surface area contributed by atoms with Crippen molar-refractivity contribution in [2.75, 3.05) is 18.8 Å². The number of unbranched alkanes of at least 4 members (excludes halogenated alkanes) is 1. The molecule has 0 saturated heterocycles. The Bertz CT molecular complexity index is 448. The maximum Gasteiger partial charge on any atom is 0.269 e. The van der Waals surface area contributed by atoms with Crippen LogP contribution in [-0.2, 0) is 4.79 Å². The maximum atomic E-state index is 12.0. The zero-order valence-electron chi connectivity index (χ0n) is 11.9. The van der Waals surface area contributed by atoms with E-state index >= 15 is 0 Å². The van der Waals surface area contributed by atoms with Gasteiger partial charge in [-0.05, 0) is 25.5 Å². The lowest BCUT2D eigenvalue weighted by Crippen LogP contribution is -2.33. The van der Waals surface area contributed by atoms with Gasteiger partial charge in [0.2, 0.25) is 5.91 Å². The quantitative estimate of drug-likeness (QED) is 0.419. The topological polar surface area (TPSA) is 63.5 Å². The van der Waals surface area contributed by atoms with Crippen LogP contribution in [0.3, 0.4) is 0 Å². The lowest BCUT2D eigenvalue weighted by atomic mass is 10.3. The van der Waals surface area contributed by atoms with Crippen molar-refractivity contribution < 1.29 is 9.72 Å². The zero-order chi connectivity index (χ0) is 15.0. The Balaban J connectivity index is 2.49. The molecule has 0 bridgehead atoms. The largest absolute Gasteiger partial charge is 0.342 e. The molecule has 20 heavy (non-hydrogen) atoms. The molecule has 0 aliphatic rings. The van der Waals surface area contributed by atoms with Crippen molar-refractivity contribution in [1.29, 1.82) is 0 Å². The van der Waals surface area contributed by atoms with Crippen molar-refractivity contribution in [3.63, 3.8) is 0 Å². The van der Waals surface area contributed by atoms with Gasteiger partial charge in [-0.2, -0.15) is 0 Å². The van der Waals surface area contributed by atoms with Crippen LogP contribution in [0.15, 0.2) is 29.2 Å². The SMILES string of the molecule is CCCCN(CC)C(=O)CSc1ccc([N+](=O)[O-])cc1. The van der Waals surface area contributed by atoms with Crippen LogP contribution in [0.25, 0.3) is 0 Å². The summed E-state index contributed by atoms with van der Waals surface area (Å²) >= 11 is 1.41. The van der Waals surface area contributed by atoms with Crippen LogP contribution in [0.1, 0.15) is 26.7 Å². The van der Waals surface area contributed by atoms with Crippen molar-refractivity contribution in [3.8, 4) is 0 Å². The predicted molar refractivity (Wildman–Crippen MR) is 81.0 cm³/mol. The Morgan fingerprint density at radius 3 is 2.45 bits per heavy atom. The van der Waals surface area contributed by atoms with Crippen molar-refractivity contribution in [2.24, 2.45) is 0 Å². The molecule has 0 aliphatic carbocycles. The third-order valence-electron chi connectivity index (χ3n) is 2.93. The number of benzene rings is 1. The van der Waals surface area contributed by atoms with Crippen LogP contribution in [0.2, 0.25) is 0 Å². The molecule has 1 aromatic rings. The summed E-state index contributed by atoms with van der Waals surface area (Å²) < 4.78 is 0. The lowest BCUT2D eigenvalue weighted by molar-refractivity contribution is -0.384. The number of hydrogen-bond acceptors (Lipinski definition) is 4. The van der Waals surface area contributed by atoms with Gasteiger partial charge in [0, 0.05) is 30.1 Å².